The summed E-state index contributed by atoms with van der Waals surface area (Å²) in [5.74, 6) is 3.66. The molecule has 0 bridgehead atoms. The maximum atomic E-state index is 3.63. The first kappa shape index (κ1) is 12.3. The molecule has 0 aromatic rings. The topological polar surface area (TPSA) is 15.3 Å². The van der Waals surface area contributed by atoms with Crippen LogP contribution < -0.4 is 5.32 Å². The predicted molar refractivity (Wildman–Crippen MR) is 66.1 cm³/mol. The first-order valence-electron chi connectivity index (χ1n) is 5.72. The molecule has 14 heavy (non-hydrogen) atoms. The average molecular weight is 216 g/mol. The highest BCUT2D eigenvalue weighted by Gasteiger charge is 2.15. The van der Waals surface area contributed by atoms with Gasteiger partial charge in [0.15, 0.2) is 0 Å². The lowest BCUT2D eigenvalue weighted by molar-refractivity contribution is 0.304. The van der Waals surface area contributed by atoms with Gasteiger partial charge < -0.3 is 10.2 Å². The molecule has 1 N–H and O–H groups in total. The van der Waals surface area contributed by atoms with Gasteiger partial charge in [-0.1, -0.05) is 6.92 Å². The van der Waals surface area contributed by atoms with E-state index in [0.717, 1.165) is 19.0 Å². The van der Waals surface area contributed by atoms with Crippen molar-refractivity contribution < 1.29 is 0 Å². The van der Waals surface area contributed by atoms with Gasteiger partial charge in [-0.15, -0.1) is 0 Å². The van der Waals surface area contributed by atoms with E-state index in [1.165, 1.54) is 24.5 Å². The first-order valence-corrected chi connectivity index (χ1v) is 6.87. The van der Waals surface area contributed by atoms with Crippen LogP contribution in [-0.2, 0) is 0 Å². The predicted octanol–water partition coefficient (Wildman–Crippen LogP) is 1.67. The van der Waals surface area contributed by atoms with Crippen molar-refractivity contribution in [1.82, 2.24) is 10.2 Å². The first-order chi connectivity index (χ1) is 6.72. The number of thioether (sulfide) groups is 1. The molecule has 0 saturated carbocycles. The maximum absolute atomic E-state index is 3.63. The zero-order valence-electron chi connectivity index (χ0n) is 9.75. The molecule has 0 aromatic carbocycles. The summed E-state index contributed by atoms with van der Waals surface area (Å²) in [4.78, 5) is 2.36. The normalized spacial score (nSPS) is 24.4. The smallest absolute Gasteiger partial charge is 0.0166 e. The molecule has 1 rings (SSSR count). The Bertz CT molecular complexity index is 146. The zero-order chi connectivity index (χ0) is 10.4. The monoisotopic (exact) mass is 216 g/mol. The van der Waals surface area contributed by atoms with Gasteiger partial charge in [0, 0.05) is 12.6 Å². The third-order valence-corrected chi connectivity index (χ3v) is 4.14. The van der Waals surface area contributed by atoms with Crippen LogP contribution in [0.5, 0.6) is 0 Å². The summed E-state index contributed by atoms with van der Waals surface area (Å²) in [6.07, 6.45) is 1.41. The average Bonchev–Trinajstić information content (AvgIpc) is 2.67. The molecule has 2 unspecified atom stereocenters. The highest BCUT2D eigenvalue weighted by molar-refractivity contribution is 7.99. The van der Waals surface area contributed by atoms with Crippen LogP contribution in [0.15, 0.2) is 0 Å². The number of rotatable bonds is 6. The Morgan fingerprint density at radius 2 is 2.36 bits per heavy atom. The molecule has 0 aliphatic carbocycles. The van der Waals surface area contributed by atoms with E-state index >= 15 is 0 Å². The third kappa shape index (κ3) is 4.67. The summed E-state index contributed by atoms with van der Waals surface area (Å²) in [6, 6.07) is 0.630. The fraction of sp³-hybridized carbons (Fsp3) is 1.00. The SMILES string of the molecule is CCN(C)CC(C)NCC1CCSC1. The lowest BCUT2D eigenvalue weighted by Crippen LogP contribution is -2.39. The number of hydrogen-bond acceptors (Lipinski definition) is 3. The van der Waals surface area contributed by atoms with Crippen LogP contribution in [0.3, 0.4) is 0 Å². The molecule has 84 valence electrons. The highest BCUT2D eigenvalue weighted by atomic mass is 32.2. The Morgan fingerprint density at radius 1 is 1.57 bits per heavy atom. The van der Waals surface area contributed by atoms with Gasteiger partial charge >= 0.3 is 0 Å². The zero-order valence-corrected chi connectivity index (χ0v) is 10.6. The van der Waals surface area contributed by atoms with Gasteiger partial charge in [0.1, 0.15) is 0 Å². The molecule has 0 spiro atoms. The van der Waals surface area contributed by atoms with E-state index in [9.17, 15) is 0 Å². The molecule has 2 atom stereocenters. The van der Waals surface area contributed by atoms with E-state index in [4.69, 9.17) is 0 Å². The third-order valence-electron chi connectivity index (χ3n) is 2.90. The van der Waals surface area contributed by atoms with Crippen LogP contribution in [0, 0.1) is 5.92 Å². The quantitative estimate of drug-likeness (QED) is 0.727. The van der Waals surface area contributed by atoms with Gasteiger partial charge in [0.2, 0.25) is 0 Å². The van der Waals surface area contributed by atoms with Gasteiger partial charge in [0.05, 0.1) is 0 Å². The fourth-order valence-electron chi connectivity index (χ4n) is 1.77. The summed E-state index contributed by atoms with van der Waals surface area (Å²) in [7, 11) is 2.18. The van der Waals surface area contributed by atoms with Crippen LogP contribution in [-0.4, -0.2) is 49.1 Å². The van der Waals surface area contributed by atoms with Crippen molar-refractivity contribution in [2.45, 2.75) is 26.3 Å². The van der Waals surface area contributed by atoms with Gasteiger partial charge in [0.25, 0.3) is 0 Å². The highest BCUT2D eigenvalue weighted by Crippen LogP contribution is 2.22. The van der Waals surface area contributed by atoms with Crippen molar-refractivity contribution >= 4 is 11.8 Å². The van der Waals surface area contributed by atoms with Gasteiger partial charge in [-0.3, -0.25) is 0 Å². The summed E-state index contributed by atoms with van der Waals surface area (Å²) in [5, 5.41) is 3.63. The lowest BCUT2D eigenvalue weighted by Gasteiger charge is -2.22. The van der Waals surface area contributed by atoms with Gasteiger partial charge in [-0.05, 0) is 50.9 Å². The summed E-state index contributed by atoms with van der Waals surface area (Å²) in [5.41, 5.74) is 0. The maximum Gasteiger partial charge on any atom is 0.0166 e. The van der Waals surface area contributed by atoms with Crippen molar-refractivity contribution in [2.24, 2.45) is 5.92 Å². The summed E-state index contributed by atoms with van der Waals surface area (Å²) in [6.45, 7) is 8.02. The second-order valence-corrected chi connectivity index (χ2v) is 5.54. The molecule has 1 fully saturated rings. The Kier molecular flexibility index (Phi) is 5.90. The fourth-order valence-corrected chi connectivity index (χ4v) is 3.06. The van der Waals surface area contributed by atoms with Crippen LogP contribution in [0.4, 0.5) is 0 Å². The van der Waals surface area contributed by atoms with Crippen LogP contribution in [0.25, 0.3) is 0 Å². The Morgan fingerprint density at radius 3 is 2.93 bits per heavy atom. The summed E-state index contributed by atoms with van der Waals surface area (Å²) >= 11 is 2.10. The van der Waals surface area contributed by atoms with Crippen molar-refractivity contribution in [1.29, 1.82) is 0 Å². The van der Waals surface area contributed by atoms with E-state index in [0.29, 0.717) is 6.04 Å². The molecule has 1 aliphatic rings. The molecule has 0 amide bonds. The Labute approximate surface area is 92.8 Å². The van der Waals surface area contributed by atoms with Crippen molar-refractivity contribution in [3.05, 3.63) is 0 Å². The number of hydrogen-bond donors (Lipinski definition) is 1. The number of likely N-dealkylation sites (N-methyl/N-ethyl adjacent to an activating group) is 1. The van der Waals surface area contributed by atoms with E-state index < -0.39 is 0 Å². The van der Waals surface area contributed by atoms with Crippen LogP contribution in [0.2, 0.25) is 0 Å². The molecule has 1 aliphatic heterocycles. The van der Waals surface area contributed by atoms with Crippen LogP contribution >= 0.6 is 11.8 Å². The molecule has 0 radical (unpaired) electrons. The van der Waals surface area contributed by atoms with E-state index in [1.807, 2.05) is 0 Å². The minimum atomic E-state index is 0.630. The van der Waals surface area contributed by atoms with Crippen LogP contribution in [0.1, 0.15) is 20.3 Å². The second kappa shape index (κ2) is 6.70. The largest absolute Gasteiger partial charge is 0.313 e. The minimum Gasteiger partial charge on any atom is -0.313 e. The van der Waals surface area contributed by atoms with Gasteiger partial charge in [-0.25, -0.2) is 0 Å². The molecule has 1 saturated heterocycles. The Balaban J connectivity index is 2.04. The lowest BCUT2D eigenvalue weighted by atomic mass is 10.1. The Hall–Kier alpha value is 0.270. The van der Waals surface area contributed by atoms with E-state index in [-0.39, 0.29) is 0 Å². The van der Waals surface area contributed by atoms with Crippen molar-refractivity contribution in [3.63, 3.8) is 0 Å². The molecule has 0 aromatic heterocycles. The summed E-state index contributed by atoms with van der Waals surface area (Å²) < 4.78 is 0. The molecular formula is C11H24N2S. The number of nitrogens with one attached hydrogen (secondary N) is 1. The molecule has 2 nitrogen and oxygen atoms in total. The molecule has 1 heterocycles. The number of nitrogens with zero attached hydrogens (tertiary/aromatic N) is 1. The van der Waals surface area contributed by atoms with Gasteiger partial charge in [-0.2, -0.15) is 11.8 Å². The second-order valence-electron chi connectivity index (χ2n) is 4.39. The van der Waals surface area contributed by atoms with Crippen molar-refractivity contribution in [2.75, 3.05) is 38.2 Å². The minimum absolute atomic E-state index is 0.630. The van der Waals surface area contributed by atoms with E-state index in [2.05, 4.69) is 42.9 Å². The molecular weight excluding hydrogens is 192 g/mol. The standard InChI is InChI=1S/C11H24N2S/c1-4-13(3)8-10(2)12-7-11-5-6-14-9-11/h10-12H,4-9H2,1-3H3. The molecule has 3 heteroatoms. The van der Waals surface area contributed by atoms with E-state index in [1.54, 1.807) is 0 Å². The van der Waals surface area contributed by atoms with Crippen molar-refractivity contribution in [3.8, 4) is 0 Å².